The molecule has 1 unspecified atom stereocenters. The first-order chi connectivity index (χ1) is 6.88. The first kappa shape index (κ1) is 11.0. The van der Waals surface area contributed by atoms with Crippen LogP contribution < -0.4 is 0 Å². The molecule has 1 aromatic carbocycles. The van der Waals surface area contributed by atoms with Crippen molar-refractivity contribution in [3.05, 3.63) is 48.6 Å². The summed E-state index contributed by atoms with van der Waals surface area (Å²) in [5, 5.41) is 0. The highest BCUT2D eigenvalue weighted by atomic mass is 14.1. The lowest BCUT2D eigenvalue weighted by Crippen LogP contribution is -1.94. The second-order valence-electron chi connectivity index (χ2n) is 3.71. The van der Waals surface area contributed by atoms with Crippen LogP contribution >= 0.6 is 0 Å². The Balaban J connectivity index is 2.50. The van der Waals surface area contributed by atoms with Gasteiger partial charge in [0.15, 0.2) is 0 Å². The van der Waals surface area contributed by atoms with Gasteiger partial charge in [0.1, 0.15) is 0 Å². The van der Waals surface area contributed by atoms with Crippen molar-refractivity contribution in [1.82, 2.24) is 0 Å². The molecule has 0 saturated heterocycles. The Morgan fingerprint density at radius 1 is 1.21 bits per heavy atom. The fourth-order valence-electron chi connectivity index (χ4n) is 1.69. The van der Waals surface area contributed by atoms with Crippen molar-refractivity contribution in [2.75, 3.05) is 0 Å². The van der Waals surface area contributed by atoms with Crippen LogP contribution in [-0.2, 0) is 0 Å². The fourth-order valence-corrected chi connectivity index (χ4v) is 1.69. The quantitative estimate of drug-likeness (QED) is 0.581. The summed E-state index contributed by atoms with van der Waals surface area (Å²) in [5.41, 5.74) is 1.34. The van der Waals surface area contributed by atoms with Crippen LogP contribution in [0, 0.1) is 6.58 Å². The topological polar surface area (TPSA) is 0 Å². The van der Waals surface area contributed by atoms with Crippen molar-refractivity contribution in [3.8, 4) is 0 Å². The third-order valence-corrected chi connectivity index (χ3v) is 2.58. The average molecular weight is 187 g/mol. The summed E-state index contributed by atoms with van der Waals surface area (Å²) in [6, 6.07) is 10.5. The lowest BCUT2D eigenvalue weighted by Gasteiger charge is -2.11. The van der Waals surface area contributed by atoms with Crippen LogP contribution in [-0.4, -0.2) is 0 Å². The van der Waals surface area contributed by atoms with Crippen LogP contribution in [0.25, 0.3) is 0 Å². The van der Waals surface area contributed by atoms with Gasteiger partial charge >= 0.3 is 0 Å². The molecule has 0 nitrogen and oxygen atoms in total. The van der Waals surface area contributed by atoms with Crippen molar-refractivity contribution in [2.24, 2.45) is 0 Å². The minimum atomic E-state index is 0.433. The van der Waals surface area contributed by atoms with E-state index in [9.17, 15) is 0 Å². The van der Waals surface area contributed by atoms with E-state index in [4.69, 9.17) is 6.58 Å². The number of rotatable bonds is 6. The number of benzene rings is 1. The average Bonchev–Trinajstić information content (AvgIpc) is 2.26. The van der Waals surface area contributed by atoms with Gasteiger partial charge < -0.3 is 0 Å². The zero-order chi connectivity index (χ0) is 10.2. The Kier molecular flexibility index (Phi) is 5.06. The molecule has 0 heteroatoms. The maximum Gasteiger partial charge on any atom is 0.00210 e. The van der Waals surface area contributed by atoms with E-state index in [2.05, 4.69) is 31.2 Å². The third-order valence-electron chi connectivity index (χ3n) is 2.58. The molecule has 0 aliphatic carbocycles. The van der Waals surface area contributed by atoms with Gasteiger partial charge in [-0.3, -0.25) is 0 Å². The van der Waals surface area contributed by atoms with Crippen LogP contribution in [0.2, 0.25) is 0 Å². The summed E-state index contributed by atoms with van der Waals surface area (Å²) in [6.07, 6.45) is 6.84. The van der Waals surface area contributed by atoms with Crippen LogP contribution in [0.3, 0.4) is 0 Å². The molecular weight excluding hydrogens is 168 g/mol. The SMILES string of the molecule is [CH]=CC(CCCCC)c1ccccc1. The van der Waals surface area contributed by atoms with Gasteiger partial charge in [0, 0.05) is 5.92 Å². The van der Waals surface area contributed by atoms with E-state index in [-0.39, 0.29) is 0 Å². The first-order valence-electron chi connectivity index (χ1n) is 5.48. The van der Waals surface area contributed by atoms with Gasteiger partial charge in [-0.2, -0.15) is 0 Å². The molecule has 0 bridgehead atoms. The Morgan fingerprint density at radius 3 is 2.50 bits per heavy atom. The van der Waals surface area contributed by atoms with Crippen LogP contribution in [0.1, 0.15) is 44.1 Å². The molecule has 14 heavy (non-hydrogen) atoms. The predicted molar refractivity (Wildman–Crippen MR) is 62.2 cm³/mol. The summed E-state index contributed by atoms with van der Waals surface area (Å²) in [5.74, 6) is 0.433. The Labute approximate surface area is 87.7 Å². The normalized spacial score (nSPS) is 12.4. The lowest BCUT2D eigenvalue weighted by molar-refractivity contribution is 0.628. The van der Waals surface area contributed by atoms with E-state index in [0.29, 0.717) is 5.92 Å². The zero-order valence-corrected chi connectivity index (χ0v) is 8.95. The third kappa shape index (κ3) is 3.37. The molecule has 0 aromatic heterocycles. The number of unbranched alkanes of at least 4 members (excludes halogenated alkanes) is 2. The van der Waals surface area contributed by atoms with E-state index in [1.165, 1.54) is 31.2 Å². The van der Waals surface area contributed by atoms with Crippen molar-refractivity contribution < 1.29 is 0 Å². The molecule has 1 atom stereocenters. The first-order valence-corrected chi connectivity index (χ1v) is 5.48. The Morgan fingerprint density at radius 2 is 1.93 bits per heavy atom. The molecule has 0 aliphatic rings. The predicted octanol–water partition coefficient (Wildman–Crippen LogP) is 4.34. The zero-order valence-electron chi connectivity index (χ0n) is 8.95. The molecule has 0 fully saturated rings. The van der Waals surface area contributed by atoms with E-state index in [0.717, 1.165) is 0 Å². The second-order valence-corrected chi connectivity index (χ2v) is 3.71. The maximum atomic E-state index is 5.66. The lowest BCUT2D eigenvalue weighted by atomic mass is 9.93. The van der Waals surface area contributed by atoms with E-state index in [1.807, 2.05) is 12.1 Å². The minimum absolute atomic E-state index is 0.433. The summed E-state index contributed by atoms with van der Waals surface area (Å²) in [6.45, 7) is 7.89. The highest BCUT2D eigenvalue weighted by Gasteiger charge is 2.05. The molecular formula is C14H19. The van der Waals surface area contributed by atoms with Gasteiger partial charge in [0.2, 0.25) is 0 Å². The summed E-state index contributed by atoms with van der Waals surface area (Å²) < 4.78 is 0. The summed E-state index contributed by atoms with van der Waals surface area (Å²) in [7, 11) is 0. The highest BCUT2D eigenvalue weighted by molar-refractivity contribution is 5.22. The summed E-state index contributed by atoms with van der Waals surface area (Å²) in [4.78, 5) is 0. The molecule has 0 aliphatic heterocycles. The van der Waals surface area contributed by atoms with E-state index >= 15 is 0 Å². The van der Waals surface area contributed by atoms with Crippen LogP contribution in [0.15, 0.2) is 36.4 Å². The molecule has 0 saturated carbocycles. The van der Waals surface area contributed by atoms with Gasteiger partial charge in [0.05, 0.1) is 0 Å². The number of hydrogen-bond acceptors (Lipinski definition) is 0. The summed E-state index contributed by atoms with van der Waals surface area (Å²) >= 11 is 0. The van der Waals surface area contributed by atoms with Crippen molar-refractivity contribution in [3.63, 3.8) is 0 Å². The molecule has 0 N–H and O–H groups in total. The fraction of sp³-hybridized carbons (Fsp3) is 0.429. The molecule has 0 spiro atoms. The molecule has 1 radical (unpaired) electrons. The monoisotopic (exact) mass is 187 g/mol. The largest absolute Gasteiger partial charge is 0.0770 e. The number of allylic oxidation sites excluding steroid dienone is 1. The van der Waals surface area contributed by atoms with Gasteiger partial charge in [0.25, 0.3) is 0 Å². The van der Waals surface area contributed by atoms with Gasteiger partial charge in [-0.1, -0.05) is 69.2 Å². The van der Waals surface area contributed by atoms with Gasteiger partial charge in [-0.25, -0.2) is 0 Å². The van der Waals surface area contributed by atoms with Crippen LogP contribution in [0.4, 0.5) is 0 Å². The molecule has 75 valence electrons. The second kappa shape index (κ2) is 6.42. The molecule has 1 aromatic rings. The van der Waals surface area contributed by atoms with Gasteiger partial charge in [-0.15, -0.1) is 0 Å². The highest BCUT2D eigenvalue weighted by Crippen LogP contribution is 2.22. The Hall–Kier alpha value is -1.04. The minimum Gasteiger partial charge on any atom is -0.0770 e. The van der Waals surface area contributed by atoms with Crippen molar-refractivity contribution >= 4 is 0 Å². The van der Waals surface area contributed by atoms with E-state index in [1.54, 1.807) is 0 Å². The molecule has 1 rings (SSSR count). The van der Waals surface area contributed by atoms with E-state index < -0.39 is 0 Å². The van der Waals surface area contributed by atoms with Crippen LogP contribution in [0.5, 0.6) is 0 Å². The molecule has 0 amide bonds. The standard InChI is InChI=1S/C14H19/c1-3-5-7-10-13(4-2)14-11-8-6-9-12-14/h2,4,6,8-9,11-13H,3,5,7,10H2,1H3. The number of hydrogen-bond donors (Lipinski definition) is 0. The Bertz CT molecular complexity index is 248. The smallest absolute Gasteiger partial charge is 0.00210 e. The van der Waals surface area contributed by atoms with Crippen molar-refractivity contribution in [1.29, 1.82) is 0 Å². The van der Waals surface area contributed by atoms with Gasteiger partial charge in [-0.05, 0) is 12.0 Å². The maximum absolute atomic E-state index is 5.66. The molecule has 0 heterocycles. The van der Waals surface area contributed by atoms with Crippen molar-refractivity contribution in [2.45, 2.75) is 38.5 Å².